The fraction of sp³-hybridized carbons (Fsp3) is 0.308. The molecule has 2 heterocycles. The van der Waals surface area contributed by atoms with Crippen LogP contribution in [0.3, 0.4) is 0 Å². The number of nitrogens with one attached hydrogen (secondary N) is 1. The Morgan fingerprint density at radius 2 is 1.95 bits per heavy atom. The first-order chi connectivity index (χ1) is 9.28. The lowest BCUT2D eigenvalue weighted by molar-refractivity contribution is 0.0951. The Kier molecular flexibility index (Phi) is 2.91. The fourth-order valence-corrected chi connectivity index (χ4v) is 1.91. The molecule has 98 valence electrons. The third kappa shape index (κ3) is 2.16. The summed E-state index contributed by atoms with van der Waals surface area (Å²) in [6, 6.07) is 3.53. The van der Waals surface area contributed by atoms with E-state index >= 15 is 0 Å². The van der Waals surface area contributed by atoms with Gasteiger partial charge < -0.3 is 14.8 Å². The molecule has 2 aromatic rings. The molecule has 0 atom stereocenters. The first kappa shape index (κ1) is 11.7. The molecule has 0 aliphatic carbocycles. The van der Waals surface area contributed by atoms with E-state index in [9.17, 15) is 4.79 Å². The predicted octanol–water partition coefficient (Wildman–Crippen LogP) is 1.15. The van der Waals surface area contributed by atoms with Gasteiger partial charge in [0.1, 0.15) is 18.9 Å². The first-order valence-electron chi connectivity index (χ1n) is 6.12. The molecule has 0 fully saturated rings. The van der Waals surface area contributed by atoms with E-state index in [0.29, 0.717) is 48.0 Å². The van der Waals surface area contributed by atoms with E-state index in [1.807, 2.05) is 6.92 Å². The van der Waals surface area contributed by atoms with Crippen LogP contribution in [0.2, 0.25) is 0 Å². The largest absolute Gasteiger partial charge is 0.486 e. The molecule has 1 amide bonds. The Morgan fingerprint density at radius 1 is 1.26 bits per heavy atom. The molecule has 0 saturated heterocycles. The molecule has 0 radical (unpaired) electrons. The molecule has 3 rings (SSSR count). The molecular weight excluding hydrogens is 246 g/mol. The number of ether oxygens (including phenoxy) is 2. The molecule has 1 aliphatic rings. The zero-order valence-corrected chi connectivity index (χ0v) is 10.5. The van der Waals surface area contributed by atoms with Gasteiger partial charge in [-0.15, -0.1) is 0 Å². The van der Waals surface area contributed by atoms with Crippen molar-refractivity contribution >= 4 is 16.9 Å². The van der Waals surface area contributed by atoms with E-state index in [4.69, 9.17) is 9.47 Å². The maximum Gasteiger partial charge on any atom is 0.271 e. The van der Waals surface area contributed by atoms with Gasteiger partial charge in [-0.05, 0) is 6.92 Å². The normalized spacial score (nSPS) is 13.3. The monoisotopic (exact) mass is 259 g/mol. The molecule has 0 spiro atoms. The average molecular weight is 259 g/mol. The van der Waals surface area contributed by atoms with Crippen molar-refractivity contribution in [3.63, 3.8) is 0 Å². The summed E-state index contributed by atoms with van der Waals surface area (Å²) in [5, 5.41) is 2.69. The Hall–Kier alpha value is -2.37. The van der Waals surface area contributed by atoms with Gasteiger partial charge in [0.2, 0.25) is 0 Å². The van der Waals surface area contributed by atoms with Crippen LogP contribution >= 0.6 is 0 Å². The van der Waals surface area contributed by atoms with E-state index in [-0.39, 0.29) is 5.91 Å². The lowest BCUT2D eigenvalue weighted by Gasteiger charge is -2.18. The van der Waals surface area contributed by atoms with Crippen molar-refractivity contribution in [2.45, 2.75) is 6.92 Å². The van der Waals surface area contributed by atoms with Gasteiger partial charge in [-0.25, -0.2) is 4.98 Å². The molecule has 1 N–H and O–H groups in total. The zero-order valence-electron chi connectivity index (χ0n) is 10.5. The van der Waals surface area contributed by atoms with Crippen LogP contribution in [-0.2, 0) is 0 Å². The van der Waals surface area contributed by atoms with E-state index in [2.05, 4.69) is 15.3 Å². The van der Waals surface area contributed by atoms with E-state index in [1.165, 1.54) is 6.20 Å². The van der Waals surface area contributed by atoms with Crippen LogP contribution in [0, 0.1) is 0 Å². The second-order valence-corrected chi connectivity index (χ2v) is 4.10. The topological polar surface area (TPSA) is 73.3 Å². The van der Waals surface area contributed by atoms with Gasteiger partial charge >= 0.3 is 0 Å². The zero-order chi connectivity index (χ0) is 13.2. The number of carbonyl (C=O) groups is 1. The average Bonchev–Trinajstić information content (AvgIpc) is 2.44. The number of amides is 1. The molecule has 0 unspecified atom stereocenters. The van der Waals surface area contributed by atoms with Gasteiger partial charge in [-0.3, -0.25) is 9.78 Å². The van der Waals surface area contributed by atoms with Crippen molar-refractivity contribution < 1.29 is 14.3 Å². The first-order valence-corrected chi connectivity index (χ1v) is 6.12. The van der Waals surface area contributed by atoms with E-state index < -0.39 is 0 Å². The fourth-order valence-electron chi connectivity index (χ4n) is 1.91. The van der Waals surface area contributed by atoms with Crippen molar-refractivity contribution in [2.24, 2.45) is 0 Å². The number of carbonyl (C=O) groups excluding carboxylic acids is 1. The number of nitrogens with zero attached hydrogens (tertiary/aromatic N) is 2. The Bertz CT molecular complexity index is 642. The van der Waals surface area contributed by atoms with Gasteiger partial charge in [-0.1, -0.05) is 0 Å². The SMILES string of the molecule is CCNC(=O)c1cnc2cc3c(cc2n1)OCCO3. The molecule has 6 nitrogen and oxygen atoms in total. The van der Waals surface area contributed by atoms with Crippen LogP contribution in [-0.4, -0.2) is 35.6 Å². The van der Waals surface area contributed by atoms with Gasteiger partial charge in [0.05, 0.1) is 17.2 Å². The summed E-state index contributed by atoms with van der Waals surface area (Å²) in [4.78, 5) is 20.2. The summed E-state index contributed by atoms with van der Waals surface area (Å²) in [6.07, 6.45) is 1.46. The number of hydrogen-bond donors (Lipinski definition) is 1. The molecule has 6 heteroatoms. The van der Waals surface area contributed by atoms with Crippen LogP contribution in [0.4, 0.5) is 0 Å². The van der Waals surface area contributed by atoms with Crippen molar-refractivity contribution in [1.29, 1.82) is 0 Å². The van der Waals surface area contributed by atoms with Crippen molar-refractivity contribution in [1.82, 2.24) is 15.3 Å². The van der Waals surface area contributed by atoms with Gasteiger partial charge in [0, 0.05) is 18.7 Å². The third-order valence-corrected chi connectivity index (χ3v) is 2.78. The Labute approximate surface area is 109 Å². The predicted molar refractivity (Wildman–Crippen MR) is 68.5 cm³/mol. The quantitative estimate of drug-likeness (QED) is 0.875. The van der Waals surface area contributed by atoms with Crippen LogP contribution in [0.25, 0.3) is 11.0 Å². The number of rotatable bonds is 2. The third-order valence-electron chi connectivity index (χ3n) is 2.78. The summed E-state index contributed by atoms with van der Waals surface area (Å²) in [6.45, 7) is 3.46. The van der Waals surface area contributed by atoms with Crippen LogP contribution in [0.1, 0.15) is 17.4 Å². The summed E-state index contributed by atoms with van der Waals surface area (Å²) < 4.78 is 11.0. The maximum atomic E-state index is 11.7. The number of fused-ring (bicyclic) bond motifs is 2. The van der Waals surface area contributed by atoms with Crippen molar-refractivity contribution in [2.75, 3.05) is 19.8 Å². The highest BCUT2D eigenvalue weighted by Crippen LogP contribution is 2.33. The van der Waals surface area contributed by atoms with Gasteiger partial charge in [0.15, 0.2) is 11.5 Å². The lowest BCUT2D eigenvalue weighted by Crippen LogP contribution is -2.24. The smallest absolute Gasteiger partial charge is 0.271 e. The van der Waals surface area contributed by atoms with Crippen molar-refractivity contribution in [3.8, 4) is 11.5 Å². The summed E-state index contributed by atoms with van der Waals surface area (Å²) >= 11 is 0. The number of hydrogen-bond acceptors (Lipinski definition) is 5. The van der Waals surface area contributed by atoms with Crippen LogP contribution < -0.4 is 14.8 Å². The van der Waals surface area contributed by atoms with Gasteiger partial charge in [0.25, 0.3) is 5.91 Å². The Balaban J connectivity index is 2.05. The van der Waals surface area contributed by atoms with E-state index in [1.54, 1.807) is 12.1 Å². The number of benzene rings is 1. The minimum atomic E-state index is -0.230. The summed E-state index contributed by atoms with van der Waals surface area (Å²) in [7, 11) is 0. The lowest BCUT2D eigenvalue weighted by atomic mass is 10.2. The Morgan fingerprint density at radius 3 is 2.63 bits per heavy atom. The highest BCUT2D eigenvalue weighted by molar-refractivity contribution is 5.94. The molecule has 19 heavy (non-hydrogen) atoms. The van der Waals surface area contributed by atoms with Gasteiger partial charge in [-0.2, -0.15) is 0 Å². The number of aromatic nitrogens is 2. The molecule has 1 aromatic carbocycles. The molecular formula is C13H13N3O3. The molecule has 0 bridgehead atoms. The standard InChI is InChI=1S/C13H13N3O3/c1-2-14-13(17)10-7-15-8-5-11-12(6-9(8)16-10)19-4-3-18-11/h5-7H,2-4H2,1H3,(H,14,17). The highest BCUT2D eigenvalue weighted by atomic mass is 16.6. The highest BCUT2D eigenvalue weighted by Gasteiger charge is 2.15. The van der Waals surface area contributed by atoms with E-state index in [0.717, 1.165) is 0 Å². The minimum absolute atomic E-state index is 0.230. The second kappa shape index (κ2) is 4.72. The minimum Gasteiger partial charge on any atom is -0.486 e. The second-order valence-electron chi connectivity index (χ2n) is 4.10. The van der Waals surface area contributed by atoms with Crippen molar-refractivity contribution in [3.05, 3.63) is 24.0 Å². The summed E-state index contributed by atoms with van der Waals surface area (Å²) in [5.74, 6) is 1.08. The summed E-state index contributed by atoms with van der Waals surface area (Å²) in [5.41, 5.74) is 1.59. The van der Waals surface area contributed by atoms with Crippen LogP contribution in [0.15, 0.2) is 18.3 Å². The molecule has 1 aliphatic heterocycles. The molecule has 1 aromatic heterocycles. The maximum absolute atomic E-state index is 11.7. The van der Waals surface area contributed by atoms with Crippen LogP contribution in [0.5, 0.6) is 11.5 Å². The molecule has 0 saturated carbocycles.